The third-order valence-electron chi connectivity index (χ3n) is 3.60. The SMILES string of the molecule is O=C(O)C[C@@H](NC(=O)c1ccccc1F)c1ccc2c(c1)OCO2. The van der Waals surface area contributed by atoms with Gasteiger partial charge in [0, 0.05) is 0 Å². The number of benzene rings is 2. The van der Waals surface area contributed by atoms with Gasteiger partial charge in [-0.25, -0.2) is 4.39 Å². The number of carboxylic acid groups (broad SMARTS) is 1. The van der Waals surface area contributed by atoms with Crippen LogP contribution < -0.4 is 14.8 Å². The lowest BCUT2D eigenvalue weighted by molar-refractivity contribution is -0.137. The number of hydrogen-bond acceptors (Lipinski definition) is 4. The molecule has 1 heterocycles. The van der Waals surface area contributed by atoms with Crippen LogP contribution in [-0.2, 0) is 4.79 Å². The largest absolute Gasteiger partial charge is 0.481 e. The molecule has 0 spiro atoms. The maximum absolute atomic E-state index is 13.7. The second-order valence-electron chi connectivity index (χ2n) is 5.22. The number of carbonyl (C=O) groups excluding carboxylic acids is 1. The van der Waals surface area contributed by atoms with Crippen molar-refractivity contribution in [3.05, 3.63) is 59.4 Å². The first-order chi connectivity index (χ1) is 11.5. The van der Waals surface area contributed by atoms with E-state index in [0.717, 1.165) is 0 Å². The Bertz CT molecular complexity index is 792. The highest BCUT2D eigenvalue weighted by molar-refractivity contribution is 5.95. The van der Waals surface area contributed by atoms with Crippen molar-refractivity contribution >= 4 is 11.9 Å². The number of rotatable bonds is 5. The van der Waals surface area contributed by atoms with Crippen LogP contribution in [0.4, 0.5) is 4.39 Å². The van der Waals surface area contributed by atoms with E-state index < -0.39 is 23.7 Å². The topological polar surface area (TPSA) is 84.9 Å². The number of hydrogen-bond donors (Lipinski definition) is 2. The minimum atomic E-state index is -1.09. The predicted octanol–water partition coefficient (Wildman–Crippen LogP) is 2.50. The molecular weight excluding hydrogens is 317 g/mol. The van der Waals surface area contributed by atoms with Crippen LogP contribution in [0.15, 0.2) is 42.5 Å². The summed E-state index contributed by atoms with van der Waals surface area (Å²) in [5, 5.41) is 11.7. The second-order valence-corrected chi connectivity index (χ2v) is 5.22. The van der Waals surface area contributed by atoms with Crippen LogP contribution in [-0.4, -0.2) is 23.8 Å². The highest BCUT2D eigenvalue weighted by Gasteiger charge is 2.23. The molecule has 6 nitrogen and oxygen atoms in total. The Hall–Kier alpha value is -3.09. The molecule has 2 aromatic carbocycles. The van der Waals surface area contributed by atoms with Gasteiger partial charge in [-0.1, -0.05) is 18.2 Å². The molecule has 3 rings (SSSR count). The van der Waals surface area contributed by atoms with Gasteiger partial charge >= 0.3 is 5.97 Å². The number of carbonyl (C=O) groups is 2. The normalized spacial score (nSPS) is 13.4. The first-order valence-corrected chi connectivity index (χ1v) is 7.21. The van der Waals surface area contributed by atoms with Gasteiger partial charge in [0.25, 0.3) is 5.91 Å². The fourth-order valence-electron chi connectivity index (χ4n) is 2.44. The van der Waals surface area contributed by atoms with Crippen molar-refractivity contribution in [3.8, 4) is 11.5 Å². The third-order valence-corrected chi connectivity index (χ3v) is 3.60. The summed E-state index contributed by atoms with van der Waals surface area (Å²) in [6.45, 7) is 0.0873. The van der Waals surface area contributed by atoms with Crippen molar-refractivity contribution in [3.63, 3.8) is 0 Å². The summed E-state index contributed by atoms with van der Waals surface area (Å²) in [5.74, 6) is -1.42. The van der Waals surface area contributed by atoms with E-state index >= 15 is 0 Å². The van der Waals surface area contributed by atoms with Gasteiger partial charge < -0.3 is 19.9 Å². The van der Waals surface area contributed by atoms with E-state index in [1.54, 1.807) is 18.2 Å². The molecule has 1 amide bonds. The lowest BCUT2D eigenvalue weighted by atomic mass is 10.0. The van der Waals surface area contributed by atoms with Crippen molar-refractivity contribution < 1.29 is 28.6 Å². The van der Waals surface area contributed by atoms with Gasteiger partial charge in [0.05, 0.1) is 18.0 Å². The van der Waals surface area contributed by atoms with Crippen LogP contribution in [0.2, 0.25) is 0 Å². The van der Waals surface area contributed by atoms with E-state index in [1.165, 1.54) is 24.3 Å². The van der Waals surface area contributed by atoms with Crippen LogP contribution in [0.25, 0.3) is 0 Å². The number of halogens is 1. The Morgan fingerprint density at radius 2 is 1.92 bits per heavy atom. The Morgan fingerprint density at radius 3 is 2.67 bits per heavy atom. The van der Waals surface area contributed by atoms with E-state index in [1.807, 2.05) is 0 Å². The van der Waals surface area contributed by atoms with Crippen LogP contribution in [0.1, 0.15) is 28.4 Å². The summed E-state index contributed by atoms with van der Waals surface area (Å²) >= 11 is 0. The first kappa shape index (κ1) is 15.8. The Morgan fingerprint density at radius 1 is 1.17 bits per heavy atom. The smallest absolute Gasteiger partial charge is 0.305 e. The summed E-state index contributed by atoms with van der Waals surface area (Å²) in [6, 6.07) is 9.57. The fraction of sp³-hybridized carbons (Fsp3) is 0.176. The molecule has 0 bridgehead atoms. The molecule has 0 saturated heterocycles. The number of fused-ring (bicyclic) bond motifs is 1. The lowest BCUT2D eigenvalue weighted by Gasteiger charge is -2.18. The molecule has 0 aliphatic carbocycles. The molecule has 0 fully saturated rings. The Balaban J connectivity index is 1.85. The van der Waals surface area contributed by atoms with Gasteiger partial charge in [0.1, 0.15) is 5.82 Å². The minimum Gasteiger partial charge on any atom is -0.481 e. The molecule has 1 aliphatic rings. The van der Waals surface area contributed by atoms with E-state index in [-0.39, 0.29) is 18.8 Å². The molecular formula is C17H14FNO5. The molecule has 124 valence electrons. The molecule has 0 aromatic heterocycles. The average molecular weight is 331 g/mol. The molecule has 0 radical (unpaired) electrons. The molecule has 2 N–H and O–H groups in total. The summed E-state index contributed by atoms with van der Waals surface area (Å²) in [6.07, 6.45) is -0.347. The van der Waals surface area contributed by atoms with Crippen LogP contribution in [0, 0.1) is 5.82 Å². The van der Waals surface area contributed by atoms with Crippen LogP contribution in [0.5, 0.6) is 11.5 Å². The van der Waals surface area contributed by atoms with E-state index in [2.05, 4.69) is 5.32 Å². The van der Waals surface area contributed by atoms with Crippen molar-refractivity contribution in [2.24, 2.45) is 0 Å². The Kier molecular flexibility index (Phi) is 4.33. The summed E-state index contributed by atoms with van der Waals surface area (Å²) < 4.78 is 24.2. The standard InChI is InChI=1S/C17H14FNO5/c18-12-4-2-1-3-11(12)17(22)19-13(8-16(20)21)10-5-6-14-15(7-10)24-9-23-14/h1-7,13H,8-9H2,(H,19,22)(H,20,21)/t13-/m1/s1. The minimum absolute atomic E-state index is 0.0873. The van der Waals surface area contributed by atoms with Gasteiger partial charge in [-0.15, -0.1) is 0 Å². The maximum Gasteiger partial charge on any atom is 0.305 e. The first-order valence-electron chi connectivity index (χ1n) is 7.21. The van der Waals surface area contributed by atoms with Crippen molar-refractivity contribution in [2.45, 2.75) is 12.5 Å². The van der Waals surface area contributed by atoms with Gasteiger partial charge in [0.2, 0.25) is 6.79 Å². The van der Waals surface area contributed by atoms with E-state index in [4.69, 9.17) is 14.6 Å². The predicted molar refractivity (Wildman–Crippen MR) is 81.4 cm³/mol. The Labute approximate surface area is 136 Å². The summed E-state index contributed by atoms with van der Waals surface area (Å²) in [4.78, 5) is 23.4. The summed E-state index contributed by atoms with van der Waals surface area (Å²) in [7, 11) is 0. The zero-order chi connectivity index (χ0) is 17.1. The fourth-order valence-corrected chi connectivity index (χ4v) is 2.44. The van der Waals surface area contributed by atoms with Crippen molar-refractivity contribution in [1.82, 2.24) is 5.32 Å². The number of nitrogens with one attached hydrogen (secondary N) is 1. The highest BCUT2D eigenvalue weighted by atomic mass is 19.1. The number of ether oxygens (including phenoxy) is 2. The lowest BCUT2D eigenvalue weighted by Crippen LogP contribution is -2.30. The van der Waals surface area contributed by atoms with Gasteiger partial charge in [0.15, 0.2) is 11.5 Å². The quantitative estimate of drug-likeness (QED) is 0.879. The molecule has 7 heteroatoms. The molecule has 1 atom stereocenters. The maximum atomic E-state index is 13.7. The highest BCUT2D eigenvalue weighted by Crippen LogP contribution is 2.34. The van der Waals surface area contributed by atoms with Crippen LogP contribution in [0.3, 0.4) is 0 Å². The number of aliphatic carboxylic acids is 1. The van der Waals surface area contributed by atoms with Crippen molar-refractivity contribution in [2.75, 3.05) is 6.79 Å². The van der Waals surface area contributed by atoms with E-state index in [9.17, 15) is 14.0 Å². The van der Waals surface area contributed by atoms with Crippen molar-refractivity contribution in [1.29, 1.82) is 0 Å². The molecule has 2 aromatic rings. The average Bonchev–Trinajstić information content (AvgIpc) is 3.01. The molecule has 24 heavy (non-hydrogen) atoms. The molecule has 0 unspecified atom stereocenters. The number of amides is 1. The van der Waals surface area contributed by atoms with E-state index in [0.29, 0.717) is 17.1 Å². The third kappa shape index (κ3) is 3.29. The van der Waals surface area contributed by atoms with Crippen LogP contribution >= 0.6 is 0 Å². The second kappa shape index (κ2) is 6.57. The van der Waals surface area contributed by atoms with Gasteiger partial charge in [-0.2, -0.15) is 0 Å². The zero-order valence-electron chi connectivity index (χ0n) is 12.5. The number of carboxylic acids is 1. The molecule has 1 aliphatic heterocycles. The zero-order valence-corrected chi connectivity index (χ0v) is 12.5. The monoisotopic (exact) mass is 331 g/mol. The van der Waals surface area contributed by atoms with Gasteiger partial charge in [-0.3, -0.25) is 9.59 Å². The van der Waals surface area contributed by atoms with Gasteiger partial charge in [-0.05, 0) is 29.8 Å². The summed E-state index contributed by atoms with van der Waals surface area (Å²) in [5.41, 5.74) is 0.389. The molecule has 0 saturated carbocycles.